The number of nitrogens with zero attached hydrogens (tertiary/aromatic N) is 1. The second-order valence-corrected chi connectivity index (χ2v) is 6.56. The van der Waals surface area contributed by atoms with Gasteiger partial charge in [-0.2, -0.15) is 0 Å². The number of hydrogen-bond donors (Lipinski definition) is 1. The van der Waals surface area contributed by atoms with Crippen LogP contribution in [-0.2, 0) is 18.3 Å². The number of rotatable bonds is 8. The Balaban J connectivity index is 2.22. The van der Waals surface area contributed by atoms with Crippen LogP contribution in [0.3, 0.4) is 0 Å². The summed E-state index contributed by atoms with van der Waals surface area (Å²) in [6, 6.07) is 0. The Morgan fingerprint density at radius 2 is 1.80 bits per heavy atom. The summed E-state index contributed by atoms with van der Waals surface area (Å²) in [5.41, 5.74) is 0. The molecule has 8 heteroatoms. The summed E-state index contributed by atoms with van der Waals surface area (Å²) >= 11 is 0. The Kier molecular flexibility index (Phi) is 8.14. The zero-order valence-electron chi connectivity index (χ0n) is 12.3. The van der Waals surface area contributed by atoms with Crippen LogP contribution in [-0.4, -0.2) is 63.2 Å². The van der Waals surface area contributed by atoms with Gasteiger partial charge in [0.1, 0.15) is 0 Å². The average molecular weight is 308 g/mol. The first kappa shape index (κ1) is 17.4. The summed E-state index contributed by atoms with van der Waals surface area (Å²) in [5, 5.41) is 3.17. The minimum Gasteiger partial charge on any atom is -0.449 e. The molecule has 0 spiro atoms. The molecule has 0 radical (unpaired) electrons. The van der Waals surface area contributed by atoms with Crippen molar-refractivity contribution in [3.05, 3.63) is 0 Å². The standard InChI is InChI=1S/C12H25N2O5P/c1-3-18-20(16,19-4-2)11-5-10-17-12(15)14-8-6-13-7-9-14/h13H,3-11H2,1-2H3. The lowest BCUT2D eigenvalue weighted by atomic mass is 10.4. The lowest BCUT2D eigenvalue weighted by molar-refractivity contribution is 0.0972. The molecule has 1 aliphatic rings. The van der Waals surface area contributed by atoms with E-state index in [2.05, 4.69) is 5.32 Å². The van der Waals surface area contributed by atoms with Crippen LogP contribution in [0.1, 0.15) is 20.3 Å². The molecule has 20 heavy (non-hydrogen) atoms. The van der Waals surface area contributed by atoms with E-state index in [0.29, 0.717) is 32.7 Å². The Hall–Kier alpha value is -0.620. The number of carbonyl (C=O) groups is 1. The minimum atomic E-state index is -3.03. The summed E-state index contributed by atoms with van der Waals surface area (Å²) in [4.78, 5) is 13.4. The molecule has 7 nitrogen and oxygen atoms in total. The summed E-state index contributed by atoms with van der Waals surface area (Å²) < 4.78 is 27.7. The first-order valence-electron chi connectivity index (χ1n) is 7.12. The lowest BCUT2D eigenvalue weighted by Crippen LogP contribution is -2.46. The van der Waals surface area contributed by atoms with Gasteiger partial charge < -0.3 is 24.0 Å². The fraction of sp³-hybridized carbons (Fsp3) is 0.917. The number of amides is 1. The Morgan fingerprint density at radius 3 is 2.35 bits per heavy atom. The third kappa shape index (κ3) is 6.22. The average Bonchev–Trinajstić information content (AvgIpc) is 2.45. The van der Waals surface area contributed by atoms with Gasteiger partial charge in [-0.25, -0.2) is 4.79 Å². The van der Waals surface area contributed by atoms with Crippen molar-refractivity contribution >= 4 is 13.7 Å². The molecule has 1 aliphatic heterocycles. The number of piperazine rings is 1. The third-order valence-corrected chi connectivity index (χ3v) is 5.00. The summed E-state index contributed by atoms with van der Waals surface area (Å²) in [6.45, 7) is 7.37. The van der Waals surface area contributed by atoms with Crippen LogP contribution in [0.2, 0.25) is 0 Å². The van der Waals surface area contributed by atoms with Crippen molar-refractivity contribution in [2.75, 3.05) is 52.2 Å². The molecule has 0 aromatic carbocycles. The van der Waals surface area contributed by atoms with Crippen LogP contribution in [0, 0.1) is 0 Å². The molecule has 1 N–H and O–H groups in total. The SMILES string of the molecule is CCOP(=O)(CCCOC(=O)N1CCNCC1)OCC. The Labute approximate surface area is 120 Å². The minimum absolute atomic E-state index is 0.229. The number of carbonyl (C=O) groups excluding carboxylic acids is 1. The predicted octanol–water partition coefficient (Wildman–Crippen LogP) is 1.68. The Bertz CT molecular complexity index is 324. The zero-order chi connectivity index (χ0) is 14.8. The largest absolute Gasteiger partial charge is 0.449 e. The van der Waals surface area contributed by atoms with E-state index in [0.717, 1.165) is 13.1 Å². The van der Waals surface area contributed by atoms with Crippen molar-refractivity contribution in [2.24, 2.45) is 0 Å². The van der Waals surface area contributed by atoms with E-state index < -0.39 is 7.60 Å². The van der Waals surface area contributed by atoms with E-state index >= 15 is 0 Å². The fourth-order valence-corrected chi connectivity index (χ4v) is 3.55. The van der Waals surface area contributed by atoms with Gasteiger partial charge in [-0.3, -0.25) is 4.57 Å². The second kappa shape index (κ2) is 9.34. The molecule has 1 heterocycles. The number of nitrogens with one attached hydrogen (secondary N) is 1. The van der Waals surface area contributed by atoms with Gasteiger partial charge in [0.25, 0.3) is 0 Å². The fourth-order valence-electron chi connectivity index (χ4n) is 1.92. The van der Waals surface area contributed by atoms with Crippen molar-refractivity contribution in [3.63, 3.8) is 0 Å². The van der Waals surface area contributed by atoms with Gasteiger partial charge in [-0.05, 0) is 20.3 Å². The van der Waals surface area contributed by atoms with Crippen LogP contribution < -0.4 is 5.32 Å². The van der Waals surface area contributed by atoms with Crippen molar-refractivity contribution in [1.29, 1.82) is 0 Å². The molecule has 0 atom stereocenters. The van der Waals surface area contributed by atoms with Crippen LogP contribution in [0.25, 0.3) is 0 Å². The van der Waals surface area contributed by atoms with Gasteiger partial charge in [0.2, 0.25) is 0 Å². The van der Waals surface area contributed by atoms with E-state index in [1.807, 2.05) is 0 Å². The zero-order valence-corrected chi connectivity index (χ0v) is 13.2. The van der Waals surface area contributed by atoms with Crippen molar-refractivity contribution in [3.8, 4) is 0 Å². The maximum absolute atomic E-state index is 12.2. The Morgan fingerprint density at radius 1 is 1.20 bits per heavy atom. The normalized spacial score (nSPS) is 16.2. The number of hydrogen-bond acceptors (Lipinski definition) is 6. The maximum Gasteiger partial charge on any atom is 0.409 e. The van der Waals surface area contributed by atoms with Crippen molar-refractivity contribution < 1.29 is 23.1 Å². The second-order valence-electron chi connectivity index (χ2n) is 4.38. The van der Waals surface area contributed by atoms with E-state index in [9.17, 15) is 9.36 Å². The summed E-state index contributed by atoms with van der Waals surface area (Å²) in [7, 11) is -3.03. The van der Waals surface area contributed by atoms with Gasteiger partial charge in [-0.1, -0.05) is 0 Å². The van der Waals surface area contributed by atoms with Crippen molar-refractivity contribution in [2.45, 2.75) is 20.3 Å². The van der Waals surface area contributed by atoms with Gasteiger partial charge in [-0.15, -0.1) is 0 Å². The molecule has 0 unspecified atom stereocenters. The van der Waals surface area contributed by atoms with Gasteiger partial charge in [0, 0.05) is 26.2 Å². The smallest absolute Gasteiger partial charge is 0.409 e. The van der Waals surface area contributed by atoms with E-state index in [4.69, 9.17) is 13.8 Å². The third-order valence-electron chi connectivity index (χ3n) is 2.83. The molecular weight excluding hydrogens is 283 g/mol. The predicted molar refractivity (Wildman–Crippen MR) is 76.1 cm³/mol. The van der Waals surface area contributed by atoms with Crippen LogP contribution >= 0.6 is 7.60 Å². The van der Waals surface area contributed by atoms with Gasteiger partial charge in [0.05, 0.1) is 26.0 Å². The highest BCUT2D eigenvalue weighted by Crippen LogP contribution is 2.48. The topological polar surface area (TPSA) is 77.1 Å². The van der Waals surface area contributed by atoms with Gasteiger partial charge in [0.15, 0.2) is 0 Å². The van der Waals surface area contributed by atoms with Crippen LogP contribution in [0.15, 0.2) is 0 Å². The summed E-state index contributed by atoms with van der Waals surface area (Å²) in [6.07, 6.45) is 0.424. The van der Waals surface area contributed by atoms with E-state index in [-0.39, 0.29) is 18.9 Å². The molecule has 118 valence electrons. The summed E-state index contributed by atoms with van der Waals surface area (Å²) in [5.74, 6) is 0. The maximum atomic E-state index is 12.2. The van der Waals surface area contributed by atoms with Gasteiger partial charge >= 0.3 is 13.7 Å². The molecule has 1 rings (SSSR count). The molecule has 0 aromatic heterocycles. The first-order chi connectivity index (χ1) is 9.61. The molecule has 0 aliphatic carbocycles. The van der Waals surface area contributed by atoms with E-state index in [1.54, 1.807) is 18.7 Å². The molecule has 0 saturated carbocycles. The molecule has 1 amide bonds. The molecule has 0 aromatic rings. The first-order valence-corrected chi connectivity index (χ1v) is 8.84. The van der Waals surface area contributed by atoms with E-state index in [1.165, 1.54) is 0 Å². The highest BCUT2D eigenvalue weighted by molar-refractivity contribution is 7.53. The number of ether oxygens (including phenoxy) is 1. The monoisotopic (exact) mass is 308 g/mol. The highest BCUT2D eigenvalue weighted by Gasteiger charge is 2.23. The molecule has 0 bridgehead atoms. The highest BCUT2D eigenvalue weighted by atomic mass is 31.2. The lowest BCUT2D eigenvalue weighted by Gasteiger charge is -2.26. The van der Waals surface area contributed by atoms with Crippen molar-refractivity contribution in [1.82, 2.24) is 10.2 Å². The van der Waals surface area contributed by atoms with Crippen LogP contribution in [0.5, 0.6) is 0 Å². The molecular formula is C12H25N2O5P. The quantitative estimate of drug-likeness (QED) is 0.543. The molecule has 1 saturated heterocycles. The van der Waals surface area contributed by atoms with Crippen LogP contribution in [0.4, 0.5) is 4.79 Å². The molecule has 1 fully saturated rings.